The van der Waals surface area contributed by atoms with Crippen LogP contribution in [0.5, 0.6) is 0 Å². The topological polar surface area (TPSA) is 75.4 Å². The third-order valence-corrected chi connectivity index (χ3v) is 5.25. The second-order valence-corrected chi connectivity index (χ2v) is 7.10. The Bertz CT molecular complexity index is 917. The van der Waals surface area contributed by atoms with Crippen LogP contribution in [0.3, 0.4) is 0 Å². The molecule has 1 saturated carbocycles. The molecule has 140 valence electrons. The monoisotopic (exact) mass is 364 g/mol. The standard InChI is InChI=1S/C20H24N6O/c1-25(16-8-5-10-21-13-16)18-9-11-26-19(24-18)17(14-23-26)20(27)22-12-15-6-3-2-4-7-15/h5,8-11,13-15H,2-4,6-7,12H2,1H3,(H,22,27). The molecule has 1 N–H and O–H groups in total. The van der Waals surface area contributed by atoms with E-state index in [4.69, 9.17) is 0 Å². The fourth-order valence-corrected chi connectivity index (χ4v) is 3.61. The van der Waals surface area contributed by atoms with Crippen LogP contribution < -0.4 is 10.2 Å². The van der Waals surface area contributed by atoms with Crippen molar-refractivity contribution in [1.82, 2.24) is 24.9 Å². The lowest BCUT2D eigenvalue weighted by Crippen LogP contribution is -2.30. The number of carbonyl (C=O) groups is 1. The molecule has 0 radical (unpaired) electrons. The van der Waals surface area contributed by atoms with Crippen LogP contribution in [0.1, 0.15) is 42.5 Å². The molecule has 0 bridgehead atoms. The number of nitrogens with zero attached hydrogens (tertiary/aromatic N) is 5. The summed E-state index contributed by atoms with van der Waals surface area (Å²) in [5, 5.41) is 7.34. The first-order chi connectivity index (χ1) is 13.2. The van der Waals surface area contributed by atoms with Gasteiger partial charge in [0.15, 0.2) is 5.65 Å². The fraction of sp³-hybridized carbons (Fsp3) is 0.400. The predicted molar refractivity (Wildman–Crippen MR) is 104 cm³/mol. The molecule has 0 aromatic carbocycles. The summed E-state index contributed by atoms with van der Waals surface area (Å²) in [6.07, 6.45) is 13.2. The number of anilines is 2. The van der Waals surface area contributed by atoms with E-state index in [0.29, 0.717) is 17.1 Å². The van der Waals surface area contributed by atoms with Crippen molar-refractivity contribution in [3.05, 3.63) is 48.5 Å². The first-order valence-corrected chi connectivity index (χ1v) is 9.49. The van der Waals surface area contributed by atoms with Crippen LogP contribution in [0.4, 0.5) is 11.5 Å². The highest BCUT2D eigenvalue weighted by Gasteiger charge is 2.18. The molecule has 1 amide bonds. The molecule has 1 fully saturated rings. The van der Waals surface area contributed by atoms with E-state index in [-0.39, 0.29) is 5.91 Å². The number of aromatic nitrogens is 4. The van der Waals surface area contributed by atoms with Crippen molar-refractivity contribution in [2.24, 2.45) is 5.92 Å². The molecule has 7 nitrogen and oxygen atoms in total. The number of pyridine rings is 1. The Morgan fingerprint density at radius 1 is 1.26 bits per heavy atom. The molecule has 0 spiro atoms. The summed E-state index contributed by atoms with van der Waals surface area (Å²) in [7, 11) is 1.93. The summed E-state index contributed by atoms with van der Waals surface area (Å²) >= 11 is 0. The number of hydrogen-bond donors (Lipinski definition) is 1. The number of carbonyl (C=O) groups excluding carboxylic acids is 1. The van der Waals surface area contributed by atoms with Crippen LogP contribution in [0.15, 0.2) is 43.0 Å². The largest absolute Gasteiger partial charge is 0.352 e. The van der Waals surface area contributed by atoms with Gasteiger partial charge in [-0.05, 0) is 37.0 Å². The summed E-state index contributed by atoms with van der Waals surface area (Å²) in [5.74, 6) is 1.21. The van der Waals surface area contributed by atoms with Gasteiger partial charge in [0.2, 0.25) is 0 Å². The molecule has 0 aliphatic heterocycles. The zero-order valence-electron chi connectivity index (χ0n) is 15.5. The zero-order valence-corrected chi connectivity index (χ0v) is 15.5. The second-order valence-electron chi connectivity index (χ2n) is 7.10. The average Bonchev–Trinajstić information content (AvgIpc) is 3.16. The van der Waals surface area contributed by atoms with E-state index in [2.05, 4.69) is 20.4 Å². The van der Waals surface area contributed by atoms with Crippen molar-refractivity contribution in [3.63, 3.8) is 0 Å². The van der Waals surface area contributed by atoms with E-state index in [0.717, 1.165) is 18.1 Å². The average molecular weight is 364 g/mol. The van der Waals surface area contributed by atoms with Gasteiger partial charge in [-0.25, -0.2) is 9.50 Å². The van der Waals surface area contributed by atoms with Crippen LogP contribution in [-0.2, 0) is 0 Å². The van der Waals surface area contributed by atoms with Crippen LogP contribution in [0, 0.1) is 5.92 Å². The van der Waals surface area contributed by atoms with E-state index >= 15 is 0 Å². The SMILES string of the molecule is CN(c1cccnc1)c1ccn2ncc(C(=O)NCC3CCCCC3)c2n1. The molecule has 3 heterocycles. The number of hydrogen-bond acceptors (Lipinski definition) is 5. The lowest BCUT2D eigenvalue weighted by molar-refractivity contribution is 0.0945. The quantitative estimate of drug-likeness (QED) is 0.752. The summed E-state index contributed by atoms with van der Waals surface area (Å²) < 4.78 is 1.64. The molecule has 1 aliphatic carbocycles. The van der Waals surface area contributed by atoms with Crippen LogP contribution in [0.25, 0.3) is 5.65 Å². The molecule has 3 aromatic rings. The minimum atomic E-state index is -0.107. The minimum Gasteiger partial charge on any atom is -0.352 e. The highest BCUT2D eigenvalue weighted by molar-refractivity contribution is 5.99. The fourth-order valence-electron chi connectivity index (χ4n) is 3.61. The Labute approximate surface area is 158 Å². The molecule has 27 heavy (non-hydrogen) atoms. The second kappa shape index (κ2) is 7.73. The van der Waals surface area contributed by atoms with Crippen molar-refractivity contribution >= 4 is 23.1 Å². The molecule has 0 atom stereocenters. The maximum atomic E-state index is 12.7. The van der Waals surface area contributed by atoms with Crippen molar-refractivity contribution in [2.75, 3.05) is 18.5 Å². The summed E-state index contributed by atoms with van der Waals surface area (Å²) in [5.41, 5.74) is 1.99. The maximum absolute atomic E-state index is 12.7. The molecule has 0 unspecified atom stereocenters. The molecule has 0 saturated heterocycles. The van der Waals surface area contributed by atoms with Gasteiger partial charge >= 0.3 is 0 Å². The van der Waals surface area contributed by atoms with Crippen LogP contribution in [-0.4, -0.2) is 39.1 Å². The van der Waals surface area contributed by atoms with Gasteiger partial charge in [-0.2, -0.15) is 5.10 Å². The molecule has 4 rings (SSSR count). The molecular weight excluding hydrogens is 340 g/mol. The normalized spacial score (nSPS) is 15.0. The van der Waals surface area contributed by atoms with E-state index < -0.39 is 0 Å². The Hall–Kier alpha value is -2.96. The van der Waals surface area contributed by atoms with Crippen molar-refractivity contribution in [3.8, 4) is 0 Å². The highest BCUT2D eigenvalue weighted by Crippen LogP contribution is 2.24. The lowest BCUT2D eigenvalue weighted by atomic mass is 9.89. The van der Waals surface area contributed by atoms with Crippen molar-refractivity contribution < 1.29 is 4.79 Å². The van der Waals surface area contributed by atoms with Gasteiger partial charge in [0.05, 0.1) is 18.1 Å². The van der Waals surface area contributed by atoms with Gasteiger partial charge in [0.1, 0.15) is 11.4 Å². The number of nitrogens with one attached hydrogen (secondary N) is 1. The maximum Gasteiger partial charge on any atom is 0.256 e. The van der Waals surface area contributed by atoms with E-state index in [9.17, 15) is 4.79 Å². The van der Waals surface area contributed by atoms with E-state index in [1.54, 1.807) is 23.1 Å². The summed E-state index contributed by atoms with van der Waals surface area (Å²) in [6, 6.07) is 5.72. The highest BCUT2D eigenvalue weighted by atomic mass is 16.1. The van der Waals surface area contributed by atoms with Gasteiger partial charge in [-0.15, -0.1) is 0 Å². The summed E-state index contributed by atoms with van der Waals surface area (Å²) in [4.78, 5) is 23.4. The predicted octanol–water partition coefficient (Wildman–Crippen LogP) is 3.20. The van der Waals surface area contributed by atoms with Crippen molar-refractivity contribution in [1.29, 1.82) is 0 Å². The lowest BCUT2D eigenvalue weighted by Gasteiger charge is -2.21. The molecule has 3 aromatic heterocycles. The minimum absolute atomic E-state index is 0.107. The van der Waals surface area contributed by atoms with Crippen LogP contribution >= 0.6 is 0 Å². The Morgan fingerprint density at radius 3 is 2.89 bits per heavy atom. The van der Waals surface area contributed by atoms with E-state index in [1.165, 1.54) is 32.1 Å². The zero-order chi connectivity index (χ0) is 18.6. The smallest absolute Gasteiger partial charge is 0.256 e. The van der Waals surface area contributed by atoms with Gasteiger partial charge in [-0.1, -0.05) is 19.3 Å². The first-order valence-electron chi connectivity index (χ1n) is 9.49. The molecular formula is C20H24N6O. The Balaban J connectivity index is 1.53. The van der Waals surface area contributed by atoms with Gasteiger partial charge in [-0.3, -0.25) is 9.78 Å². The van der Waals surface area contributed by atoms with Gasteiger partial charge in [0.25, 0.3) is 5.91 Å². The molecule has 7 heteroatoms. The third-order valence-electron chi connectivity index (χ3n) is 5.25. The summed E-state index contributed by atoms with van der Waals surface area (Å²) in [6.45, 7) is 0.728. The third kappa shape index (κ3) is 3.77. The van der Waals surface area contributed by atoms with E-state index in [1.807, 2.05) is 36.3 Å². The number of amides is 1. The van der Waals surface area contributed by atoms with Crippen molar-refractivity contribution in [2.45, 2.75) is 32.1 Å². The molecule has 1 aliphatic rings. The Kier molecular flexibility index (Phi) is 5.00. The van der Waals surface area contributed by atoms with Crippen LogP contribution in [0.2, 0.25) is 0 Å². The number of fused-ring (bicyclic) bond motifs is 1. The first kappa shape index (κ1) is 17.5. The van der Waals surface area contributed by atoms with Gasteiger partial charge < -0.3 is 10.2 Å². The van der Waals surface area contributed by atoms with Gasteiger partial charge in [0, 0.05) is 26.0 Å². The Morgan fingerprint density at radius 2 is 2.11 bits per heavy atom. The number of rotatable bonds is 5.